The van der Waals surface area contributed by atoms with E-state index in [2.05, 4.69) is 10.6 Å². The Balaban J connectivity index is 1.37. The van der Waals surface area contributed by atoms with Gasteiger partial charge in [0.05, 0.1) is 6.54 Å². The monoisotopic (exact) mass is 424 g/mol. The molecule has 8 heteroatoms. The van der Waals surface area contributed by atoms with Gasteiger partial charge in [0.2, 0.25) is 0 Å². The molecule has 0 aliphatic carbocycles. The molecule has 0 aliphatic heterocycles. The van der Waals surface area contributed by atoms with Crippen molar-refractivity contribution in [3.63, 3.8) is 0 Å². The third kappa shape index (κ3) is 6.75. The number of nitrogens with one attached hydrogen (secondary N) is 2. The highest BCUT2D eigenvalue weighted by Gasteiger charge is 2.11. The van der Waals surface area contributed by atoms with E-state index in [1.165, 1.54) is 11.3 Å². The fourth-order valence-electron chi connectivity index (χ4n) is 2.40. The molecule has 3 rings (SSSR count). The Labute approximate surface area is 177 Å². The number of para-hydroxylation sites is 1. The molecule has 0 atom stereocenters. The van der Waals surface area contributed by atoms with E-state index in [0.29, 0.717) is 23.6 Å². The number of hydrogen-bond acceptors (Lipinski definition) is 6. The van der Waals surface area contributed by atoms with Crippen molar-refractivity contribution in [2.75, 3.05) is 13.2 Å². The van der Waals surface area contributed by atoms with Gasteiger partial charge in [-0.05, 0) is 47.8 Å². The summed E-state index contributed by atoms with van der Waals surface area (Å²) in [6.07, 6.45) is 0. The van der Waals surface area contributed by atoms with E-state index in [0.717, 1.165) is 4.88 Å². The van der Waals surface area contributed by atoms with E-state index in [9.17, 15) is 14.4 Å². The van der Waals surface area contributed by atoms with E-state index in [4.69, 9.17) is 9.47 Å². The molecule has 0 saturated carbocycles. The Morgan fingerprint density at radius 3 is 2.27 bits per heavy atom. The van der Waals surface area contributed by atoms with Crippen molar-refractivity contribution < 1.29 is 23.9 Å². The van der Waals surface area contributed by atoms with E-state index < -0.39 is 24.4 Å². The molecule has 0 unspecified atom stereocenters. The SMILES string of the molecule is O=C(COC(=O)CNC(=O)c1ccc(Oc2ccccc2)cc1)NCc1cccs1. The first-order valence-corrected chi connectivity index (χ1v) is 10.0. The van der Waals surface area contributed by atoms with Crippen LogP contribution in [0.25, 0.3) is 0 Å². The van der Waals surface area contributed by atoms with Crippen LogP contribution < -0.4 is 15.4 Å². The summed E-state index contributed by atoms with van der Waals surface area (Å²) in [5, 5.41) is 7.02. The lowest BCUT2D eigenvalue weighted by Crippen LogP contribution is -2.33. The lowest BCUT2D eigenvalue weighted by molar-refractivity contribution is -0.147. The molecular weight excluding hydrogens is 404 g/mol. The van der Waals surface area contributed by atoms with E-state index in [-0.39, 0.29) is 6.54 Å². The second-order valence-electron chi connectivity index (χ2n) is 6.14. The highest BCUT2D eigenvalue weighted by molar-refractivity contribution is 7.09. The summed E-state index contributed by atoms with van der Waals surface area (Å²) < 4.78 is 10.5. The summed E-state index contributed by atoms with van der Waals surface area (Å²) in [6.45, 7) is -0.348. The van der Waals surface area contributed by atoms with E-state index in [1.54, 1.807) is 24.3 Å². The maximum atomic E-state index is 12.2. The molecule has 2 amide bonds. The first-order chi connectivity index (χ1) is 14.6. The standard InChI is InChI=1S/C22H20N2O5S/c25-20(23-13-19-7-4-12-30-19)15-28-21(26)14-24-22(27)16-8-10-18(11-9-16)29-17-5-2-1-3-6-17/h1-12H,13-15H2,(H,23,25)(H,24,27). The number of benzene rings is 2. The number of rotatable bonds is 9. The zero-order chi connectivity index (χ0) is 21.2. The van der Waals surface area contributed by atoms with Gasteiger partial charge in [0.1, 0.15) is 18.0 Å². The molecule has 30 heavy (non-hydrogen) atoms. The second-order valence-corrected chi connectivity index (χ2v) is 7.17. The predicted octanol–water partition coefficient (Wildman–Crippen LogP) is 3.13. The van der Waals surface area contributed by atoms with Crippen molar-refractivity contribution >= 4 is 29.1 Å². The fourth-order valence-corrected chi connectivity index (χ4v) is 3.05. The third-order valence-electron chi connectivity index (χ3n) is 3.89. The van der Waals surface area contributed by atoms with Crippen LogP contribution in [-0.2, 0) is 20.9 Å². The molecule has 154 valence electrons. The lowest BCUT2D eigenvalue weighted by atomic mass is 10.2. The molecule has 0 radical (unpaired) electrons. The molecule has 0 bridgehead atoms. The van der Waals surface area contributed by atoms with Crippen molar-refractivity contribution in [1.82, 2.24) is 10.6 Å². The first kappa shape index (κ1) is 21.1. The lowest BCUT2D eigenvalue weighted by Gasteiger charge is -2.08. The molecular formula is C22H20N2O5S. The van der Waals surface area contributed by atoms with Crippen LogP contribution in [0, 0.1) is 0 Å². The summed E-state index contributed by atoms with van der Waals surface area (Å²) in [5.41, 5.74) is 0.372. The Bertz CT molecular complexity index is 973. The Morgan fingerprint density at radius 1 is 0.833 bits per heavy atom. The zero-order valence-electron chi connectivity index (χ0n) is 16.0. The van der Waals surface area contributed by atoms with Gasteiger partial charge >= 0.3 is 5.97 Å². The first-order valence-electron chi connectivity index (χ1n) is 9.16. The topological polar surface area (TPSA) is 93.7 Å². The molecule has 0 aliphatic rings. The van der Waals surface area contributed by atoms with Crippen molar-refractivity contribution in [3.05, 3.63) is 82.6 Å². The molecule has 0 fully saturated rings. The molecule has 2 aromatic carbocycles. The van der Waals surface area contributed by atoms with Gasteiger partial charge in [0.25, 0.3) is 11.8 Å². The molecule has 0 spiro atoms. The van der Waals surface area contributed by atoms with Crippen LogP contribution in [0.2, 0.25) is 0 Å². The fraction of sp³-hybridized carbons (Fsp3) is 0.136. The zero-order valence-corrected chi connectivity index (χ0v) is 16.8. The van der Waals surface area contributed by atoms with Gasteiger partial charge < -0.3 is 20.1 Å². The van der Waals surface area contributed by atoms with Gasteiger partial charge in [-0.1, -0.05) is 24.3 Å². The summed E-state index contributed by atoms with van der Waals surface area (Å²) in [6, 6.07) is 19.6. The number of amides is 2. The molecule has 1 heterocycles. The minimum atomic E-state index is -0.696. The predicted molar refractivity (Wildman–Crippen MR) is 112 cm³/mol. The van der Waals surface area contributed by atoms with Crippen molar-refractivity contribution in [2.45, 2.75) is 6.54 Å². The molecule has 1 aromatic heterocycles. The summed E-state index contributed by atoms with van der Waals surface area (Å²) in [5.74, 6) is -0.251. The number of ether oxygens (including phenoxy) is 2. The van der Waals surface area contributed by atoms with Gasteiger partial charge in [-0.25, -0.2) is 0 Å². The summed E-state index contributed by atoms with van der Waals surface area (Å²) in [4.78, 5) is 36.6. The molecule has 3 aromatic rings. The number of hydrogen-bond donors (Lipinski definition) is 2. The van der Waals surface area contributed by atoms with Gasteiger partial charge in [-0.15, -0.1) is 11.3 Å². The Morgan fingerprint density at radius 2 is 1.57 bits per heavy atom. The average molecular weight is 424 g/mol. The van der Waals surface area contributed by atoms with Crippen molar-refractivity contribution in [2.24, 2.45) is 0 Å². The largest absolute Gasteiger partial charge is 0.457 e. The van der Waals surface area contributed by atoms with Gasteiger partial charge in [-0.2, -0.15) is 0 Å². The van der Waals surface area contributed by atoms with Crippen LogP contribution in [0.15, 0.2) is 72.1 Å². The summed E-state index contributed by atoms with van der Waals surface area (Å²) in [7, 11) is 0. The molecule has 7 nitrogen and oxygen atoms in total. The average Bonchev–Trinajstić information content (AvgIpc) is 3.29. The molecule has 2 N–H and O–H groups in total. The van der Waals surface area contributed by atoms with Crippen LogP contribution in [0.4, 0.5) is 0 Å². The number of thiophene rings is 1. The van der Waals surface area contributed by atoms with Crippen LogP contribution >= 0.6 is 11.3 Å². The highest BCUT2D eigenvalue weighted by Crippen LogP contribution is 2.21. The third-order valence-corrected chi connectivity index (χ3v) is 4.77. The van der Waals surface area contributed by atoms with Crippen LogP contribution in [0.1, 0.15) is 15.2 Å². The van der Waals surface area contributed by atoms with Crippen LogP contribution in [-0.4, -0.2) is 30.9 Å². The van der Waals surface area contributed by atoms with Gasteiger partial charge in [0.15, 0.2) is 6.61 Å². The quantitative estimate of drug-likeness (QED) is 0.515. The Hall–Kier alpha value is -3.65. The van der Waals surface area contributed by atoms with Gasteiger partial charge in [0, 0.05) is 10.4 Å². The van der Waals surface area contributed by atoms with E-state index in [1.807, 2.05) is 47.8 Å². The smallest absolute Gasteiger partial charge is 0.325 e. The van der Waals surface area contributed by atoms with Crippen molar-refractivity contribution in [1.29, 1.82) is 0 Å². The highest BCUT2D eigenvalue weighted by atomic mass is 32.1. The van der Waals surface area contributed by atoms with Crippen LogP contribution in [0.3, 0.4) is 0 Å². The Kier molecular flexibility index (Phi) is 7.57. The van der Waals surface area contributed by atoms with Crippen LogP contribution in [0.5, 0.6) is 11.5 Å². The maximum absolute atomic E-state index is 12.2. The number of carbonyl (C=O) groups excluding carboxylic acids is 3. The summed E-state index contributed by atoms with van der Waals surface area (Å²) >= 11 is 1.52. The van der Waals surface area contributed by atoms with Crippen molar-refractivity contribution in [3.8, 4) is 11.5 Å². The molecule has 0 saturated heterocycles. The van der Waals surface area contributed by atoms with Gasteiger partial charge in [-0.3, -0.25) is 14.4 Å². The minimum Gasteiger partial charge on any atom is -0.457 e. The maximum Gasteiger partial charge on any atom is 0.325 e. The minimum absolute atomic E-state index is 0.334. The number of carbonyl (C=O) groups is 3. The normalized spacial score (nSPS) is 10.1. The number of esters is 1. The second kappa shape index (κ2) is 10.8. The van der Waals surface area contributed by atoms with E-state index >= 15 is 0 Å².